The molecule has 1 aliphatic heterocycles. The number of carbonyl (C=O) groups excluding carboxylic acids is 1. The van der Waals surface area contributed by atoms with Crippen LogP contribution < -0.4 is 5.73 Å². The molecule has 0 unspecified atom stereocenters. The predicted octanol–water partition coefficient (Wildman–Crippen LogP) is 1.81. The van der Waals surface area contributed by atoms with Gasteiger partial charge in [0, 0.05) is 26.3 Å². The van der Waals surface area contributed by atoms with Crippen LogP contribution in [0.3, 0.4) is 0 Å². The minimum Gasteiger partial charge on any atom is -0.397 e. The van der Waals surface area contributed by atoms with Gasteiger partial charge in [0.25, 0.3) is 5.91 Å². The molecular weight excluding hydrogens is 238 g/mol. The van der Waals surface area contributed by atoms with Crippen molar-refractivity contribution in [1.29, 1.82) is 0 Å². The van der Waals surface area contributed by atoms with Gasteiger partial charge in [0.05, 0.1) is 5.69 Å². The Labute approximate surface area is 112 Å². The third-order valence-corrected chi connectivity index (χ3v) is 3.66. The summed E-state index contributed by atoms with van der Waals surface area (Å²) in [5.41, 5.74) is 9.60. The Kier molecular flexibility index (Phi) is 2.78. The Morgan fingerprint density at radius 2 is 2.00 bits per heavy atom. The lowest BCUT2D eigenvalue weighted by Crippen LogP contribution is -2.36. The maximum Gasteiger partial charge on any atom is 0.270 e. The van der Waals surface area contributed by atoms with Crippen LogP contribution in [0.2, 0.25) is 0 Å². The van der Waals surface area contributed by atoms with E-state index < -0.39 is 0 Å². The van der Waals surface area contributed by atoms with E-state index in [4.69, 9.17) is 5.73 Å². The first-order chi connectivity index (χ1) is 9.15. The zero-order chi connectivity index (χ0) is 13.4. The second-order valence-electron chi connectivity index (χ2n) is 5.02. The molecule has 2 N–H and O–H groups in total. The lowest BCUT2D eigenvalue weighted by molar-refractivity contribution is 0.0725. The maximum absolute atomic E-state index is 12.5. The second kappa shape index (κ2) is 4.46. The number of rotatable bonds is 1. The van der Waals surface area contributed by atoms with E-state index in [0.29, 0.717) is 17.9 Å². The number of nitrogen functional groups attached to an aromatic ring is 1. The summed E-state index contributed by atoms with van der Waals surface area (Å²) in [4.78, 5) is 14.4. The van der Waals surface area contributed by atoms with Gasteiger partial charge in [-0.25, -0.2) is 0 Å². The Morgan fingerprint density at radius 1 is 1.26 bits per heavy atom. The van der Waals surface area contributed by atoms with E-state index in [2.05, 4.69) is 12.1 Å². The molecule has 0 saturated carbocycles. The van der Waals surface area contributed by atoms with Crippen molar-refractivity contribution < 1.29 is 4.79 Å². The van der Waals surface area contributed by atoms with E-state index in [9.17, 15) is 4.79 Å². The van der Waals surface area contributed by atoms with Crippen molar-refractivity contribution in [3.05, 3.63) is 53.3 Å². The van der Waals surface area contributed by atoms with Gasteiger partial charge in [-0.2, -0.15) is 0 Å². The van der Waals surface area contributed by atoms with Gasteiger partial charge in [0.15, 0.2) is 0 Å². The molecule has 4 heteroatoms. The lowest BCUT2D eigenvalue weighted by atomic mass is 10.00. The first-order valence-corrected chi connectivity index (χ1v) is 6.43. The lowest BCUT2D eigenvalue weighted by Gasteiger charge is -2.28. The number of hydrogen-bond donors (Lipinski definition) is 1. The SMILES string of the molecule is Cn1cc(N)cc1C(=O)N1CCc2ccccc2C1. The van der Waals surface area contributed by atoms with Gasteiger partial charge < -0.3 is 15.2 Å². The largest absolute Gasteiger partial charge is 0.397 e. The standard InChI is InChI=1S/C15H17N3O/c1-17-10-13(16)8-14(17)15(19)18-7-6-11-4-2-3-5-12(11)9-18/h2-5,8,10H,6-7,9,16H2,1H3. The monoisotopic (exact) mass is 255 g/mol. The minimum atomic E-state index is 0.0497. The second-order valence-corrected chi connectivity index (χ2v) is 5.02. The first-order valence-electron chi connectivity index (χ1n) is 6.43. The van der Waals surface area contributed by atoms with Crippen molar-refractivity contribution in [2.75, 3.05) is 12.3 Å². The topological polar surface area (TPSA) is 51.3 Å². The van der Waals surface area contributed by atoms with Crippen LogP contribution >= 0.6 is 0 Å². The number of benzene rings is 1. The fourth-order valence-corrected chi connectivity index (χ4v) is 2.63. The molecule has 1 aromatic heterocycles. The maximum atomic E-state index is 12.5. The summed E-state index contributed by atoms with van der Waals surface area (Å²) >= 11 is 0. The van der Waals surface area contributed by atoms with E-state index in [1.54, 1.807) is 16.8 Å². The van der Waals surface area contributed by atoms with Gasteiger partial charge in [-0.1, -0.05) is 24.3 Å². The van der Waals surface area contributed by atoms with E-state index in [0.717, 1.165) is 13.0 Å². The minimum absolute atomic E-state index is 0.0497. The van der Waals surface area contributed by atoms with Crippen LogP contribution in [0, 0.1) is 0 Å². The zero-order valence-electron chi connectivity index (χ0n) is 11.0. The van der Waals surface area contributed by atoms with Gasteiger partial charge in [-0.3, -0.25) is 4.79 Å². The predicted molar refractivity (Wildman–Crippen MR) is 74.7 cm³/mol. The fraction of sp³-hybridized carbons (Fsp3) is 0.267. The average Bonchev–Trinajstić information content (AvgIpc) is 2.76. The molecule has 98 valence electrons. The zero-order valence-corrected chi connectivity index (χ0v) is 11.0. The Morgan fingerprint density at radius 3 is 2.68 bits per heavy atom. The first kappa shape index (κ1) is 11.8. The number of aromatic nitrogens is 1. The van der Waals surface area contributed by atoms with Crippen LogP contribution in [-0.2, 0) is 20.0 Å². The number of carbonyl (C=O) groups is 1. The molecule has 1 aliphatic rings. The number of aryl methyl sites for hydroxylation is 1. The van der Waals surface area contributed by atoms with Gasteiger partial charge >= 0.3 is 0 Å². The molecule has 0 radical (unpaired) electrons. The van der Waals surface area contributed by atoms with Gasteiger partial charge in [0.2, 0.25) is 0 Å². The van der Waals surface area contributed by atoms with Gasteiger partial charge in [-0.15, -0.1) is 0 Å². The van der Waals surface area contributed by atoms with Crippen molar-refractivity contribution >= 4 is 11.6 Å². The van der Waals surface area contributed by atoms with Gasteiger partial charge in [0.1, 0.15) is 5.69 Å². The third-order valence-electron chi connectivity index (χ3n) is 3.66. The van der Waals surface area contributed by atoms with Crippen molar-refractivity contribution in [1.82, 2.24) is 9.47 Å². The summed E-state index contributed by atoms with van der Waals surface area (Å²) in [5.74, 6) is 0.0497. The van der Waals surface area contributed by atoms with Crippen molar-refractivity contribution in [3.8, 4) is 0 Å². The van der Waals surface area contributed by atoms with E-state index >= 15 is 0 Å². The molecule has 0 bridgehead atoms. The highest BCUT2D eigenvalue weighted by molar-refractivity contribution is 5.94. The molecule has 0 atom stereocenters. The van der Waals surface area contributed by atoms with Crippen molar-refractivity contribution in [3.63, 3.8) is 0 Å². The summed E-state index contributed by atoms with van der Waals surface area (Å²) in [7, 11) is 1.85. The molecule has 1 aromatic carbocycles. The fourth-order valence-electron chi connectivity index (χ4n) is 2.63. The highest BCUT2D eigenvalue weighted by Crippen LogP contribution is 2.21. The number of hydrogen-bond acceptors (Lipinski definition) is 2. The van der Waals surface area contributed by atoms with Crippen LogP contribution in [-0.4, -0.2) is 21.9 Å². The van der Waals surface area contributed by atoms with E-state index in [1.807, 2.05) is 24.1 Å². The molecule has 3 rings (SSSR count). The summed E-state index contributed by atoms with van der Waals surface area (Å²) in [6, 6.07) is 10.0. The quantitative estimate of drug-likeness (QED) is 0.845. The summed E-state index contributed by atoms with van der Waals surface area (Å²) in [6.45, 7) is 1.45. The molecule has 0 aliphatic carbocycles. The number of amides is 1. The number of nitrogens with two attached hydrogens (primary N) is 1. The number of fused-ring (bicyclic) bond motifs is 1. The van der Waals surface area contributed by atoms with Crippen LogP contribution in [0.25, 0.3) is 0 Å². The highest BCUT2D eigenvalue weighted by Gasteiger charge is 2.23. The third kappa shape index (κ3) is 2.10. The number of anilines is 1. The van der Waals surface area contributed by atoms with Crippen LogP contribution in [0.15, 0.2) is 36.5 Å². The smallest absolute Gasteiger partial charge is 0.270 e. The molecule has 2 heterocycles. The summed E-state index contributed by atoms with van der Waals surface area (Å²) < 4.78 is 1.79. The number of nitrogens with zero attached hydrogens (tertiary/aromatic N) is 2. The van der Waals surface area contributed by atoms with E-state index in [-0.39, 0.29) is 5.91 Å². The van der Waals surface area contributed by atoms with Crippen LogP contribution in [0.5, 0.6) is 0 Å². The van der Waals surface area contributed by atoms with Gasteiger partial charge in [-0.05, 0) is 23.6 Å². The molecule has 0 spiro atoms. The molecule has 1 amide bonds. The highest BCUT2D eigenvalue weighted by atomic mass is 16.2. The molecule has 4 nitrogen and oxygen atoms in total. The Balaban J connectivity index is 1.85. The molecule has 0 saturated heterocycles. The van der Waals surface area contributed by atoms with Crippen molar-refractivity contribution in [2.45, 2.75) is 13.0 Å². The summed E-state index contributed by atoms with van der Waals surface area (Å²) in [6.07, 6.45) is 2.69. The Bertz CT molecular complexity index is 630. The normalized spacial score (nSPS) is 14.3. The van der Waals surface area contributed by atoms with E-state index in [1.165, 1.54) is 11.1 Å². The molecule has 19 heavy (non-hydrogen) atoms. The van der Waals surface area contributed by atoms with Crippen molar-refractivity contribution in [2.24, 2.45) is 7.05 Å². The van der Waals surface area contributed by atoms with Crippen LogP contribution in [0.4, 0.5) is 5.69 Å². The average molecular weight is 255 g/mol. The Hall–Kier alpha value is -2.23. The van der Waals surface area contributed by atoms with Crippen LogP contribution in [0.1, 0.15) is 21.6 Å². The summed E-state index contributed by atoms with van der Waals surface area (Å²) in [5, 5.41) is 0. The molecule has 2 aromatic rings. The molecule has 0 fully saturated rings. The molecular formula is C15H17N3O.